The van der Waals surface area contributed by atoms with Gasteiger partial charge in [0.05, 0.1) is 19.4 Å². The van der Waals surface area contributed by atoms with Crippen LogP contribution in [0.15, 0.2) is 27.8 Å². The summed E-state index contributed by atoms with van der Waals surface area (Å²) in [5, 5.41) is 13.0. The number of furan rings is 1. The van der Waals surface area contributed by atoms with E-state index in [1.807, 2.05) is 0 Å². The quantitative estimate of drug-likeness (QED) is 0.546. The van der Waals surface area contributed by atoms with Gasteiger partial charge in [-0.2, -0.15) is 0 Å². The number of aliphatic hydroxyl groups excluding tert-OH is 1. The Morgan fingerprint density at radius 2 is 2.35 bits per heavy atom. The van der Waals surface area contributed by atoms with E-state index < -0.39 is 6.10 Å². The van der Waals surface area contributed by atoms with Gasteiger partial charge in [0.25, 0.3) is 0 Å². The Balaban J connectivity index is 1.73. The van der Waals surface area contributed by atoms with E-state index in [1.54, 1.807) is 24.0 Å². The summed E-state index contributed by atoms with van der Waals surface area (Å²) in [7, 11) is 0. The average Bonchev–Trinajstić information content (AvgIpc) is 3.08. The van der Waals surface area contributed by atoms with Crippen molar-refractivity contribution in [1.82, 2.24) is 10.2 Å². The van der Waals surface area contributed by atoms with Gasteiger partial charge in [0, 0.05) is 19.1 Å². The molecule has 0 aliphatic carbocycles. The Hall–Kier alpha value is -2.22. The number of nitrogens with zero attached hydrogens (tertiary/aromatic N) is 2. The van der Waals surface area contributed by atoms with E-state index in [4.69, 9.17) is 14.9 Å². The van der Waals surface area contributed by atoms with E-state index in [2.05, 4.69) is 10.3 Å². The molecule has 1 aliphatic heterocycles. The number of aliphatic hydroxyl groups is 1. The SMILES string of the molecule is CCOC(=O)N1CCC(NC(N)=NCC(O)c2ccco2)CC1. The first kappa shape index (κ1) is 17.1. The summed E-state index contributed by atoms with van der Waals surface area (Å²) < 4.78 is 10.1. The van der Waals surface area contributed by atoms with E-state index in [0.29, 0.717) is 25.5 Å². The zero-order chi connectivity index (χ0) is 16.7. The number of ether oxygens (including phenoxy) is 1. The minimum Gasteiger partial charge on any atom is -0.467 e. The number of nitrogens with two attached hydrogens (primary N) is 1. The van der Waals surface area contributed by atoms with Crippen molar-refractivity contribution in [2.24, 2.45) is 10.7 Å². The number of aliphatic imine (C=N–C) groups is 1. The van der Waals surface area contributed by atoms with Crippen LogP contribution in [0.2, 0.25) is 0 Å². The van der Waals surface area contributed by atoms with Crippen LogP contribution in [0, 0.1) is 0 Å². The maximum Gasteiger partial charge on any atom is 0.409 e. The van der Waals surface area contributed by atoms with Crippen LogP contribution in [0.5, 0.6) is 0 Å². The van der Waals surface area contributed by atoms with E-state index in [0.717, 1.165) is 12.8 Å². The lowest BCUT2D eigenvalue weighted by atomic mass is 10.1. The van der Waals surface area contributed by atoms with Crippen LogP contribution < -0.4 is 11.1 Å². The largest absolute Gasteiger partial charge is 0.467 e. The third kappa shape index (κ3) is 5.17. The predicted molar refractivity (Wildman–Crippen MR) is 84.9 cm³/mol. The van der Waals surface area contributed by atoms with Gasteiger partial charge in [-0.3, -0.25) is 4.99 Å². The summed E-state index contributed by atoms with van der Waals surface area (Å²) in [6.07, 6.45) is 1.97. The molecule has 0 bridgehead atoms. The molecule has 1 aromatic heterocycles. The van der Waals surface area contributed by atoms with Crippen LogP contribution >= 0.6 is 0 Å². The molecule has 4 N–H and O–H groups in total. The van der Waals surface area contributed by atoms with Gasteiger partial charge in [-0.25, -0.2) is 4.79 Å². The lowest BCUT2D eigenvalue weighted by Gasteiger charge is -2.31. The molecule has 0 saturated carbocycles. The van der Waals surface area contributed by atoms with Gasteiger partial charge in [0.1, 0.15) is 11.9 Å². The highest BCUT2D eigenvalue weighted by molar-refractivity contribution is 5.78. The third-order valence-corrected chi connectivity index (χ3v) is 3.68. The lowest BCUT2D eigenvalue weighted by Crippen LogP contribution is -2.48. The van der Waals surface area contributed by atoms with Crippen LogP contribution in [0.4, 0.5) is 4.79 Å². The lowest BCUT2D eigenvalue weighted by molar-refractivity contribution is 0.0963. The topological polar surface area (TPSA) is 113 Å². The van der Waals surface area contributed by atoms with Crippen molar-refractivity contribution in [2.45, 2.75) is 31.9 Å². The number of piperidine rings is 1. The van der Waals surface area contributed by atoms with Crippen molar-refractivity contribution in [3.05, 3.63) is 24.2 Å². The van der Waals surface area contributed by atoms with Gasteiger partial charge >= 0.3 is 6.09 Å². The molecular formula is C15H24N4O4. The molecule has 0 spiro atoms. The Morgan fingerprint density at radius 3 is 2.96 bits per heavy atom. The number of hydrogen-bond acceptors (Lipinski definition) is 5. The molecule has 8 nitrogen and oxygen atoms in total. The van der Waals surface area contributed by atoms with E-state index >= 15 is 0 Å². The minimum atomic E-state index is -0.809. The maximum atomic E-state index is 11.6. The first-order valence-electron chi connectivity index (χ1n) is 7.79. The summed E-state index contributed by atoms with van der Waals surface area (Å²) in [5.74, 6) is 0.745. The number of amides is 1. The summed E-state index contributed by atoms with van der Waals surface area (Å²) in [6.45, 7) is 3.56. The molecule has 1 amide bonds. The summed E-state index contributed by atoms with van der Waals surface area (Å²) >= 11 is 0. The van der Waals surface area contributed by atoms with Gasteiger partial charge in [-0.05, 0) is 31.9 Å². The van der Waals surface area contributed by atoms with Gasteiger partial charge in [-0.15, -0.1) is 0 Å². The zero-order valence-electron chi connectivity index (χ0n) is 13.3. The molecule has 128 valence electrons. The summed E-state index contributed by atoms with van der Waals surface area (Å²) in [6, 6.07) is 3.56. The van der Waals surface area contributed by atoms with E-state index in [9.17, 15) is 9.90 Å². The van der Waals surface area contributed by atoms with Crippen LogP contribution in [0.1, 0.15) is 31.6 Å². The molecule has 2 rings (SSSR count). The Kier molecular flexibility index (Phi) is 6.28. The molecule has 2 heterocycles. The number of rotatable bonds is 5. The summed E-state index contributed by atoms with van der Waals surface area (Å²) in [5.41, 5.74) is 5.84. The molecule has 1 aromatic rings. The van der Waals surface area contributed by atoms with E-state index in [-0.39, 0.29) is 24.6 Å². The minimum absolute atomic E-state index is 0.133. The molecule has 8 heteroatoms. The Morgan fingerprint density at radius 1 is 1.61 bits per heavy atom. The number of guanidine groups is 1. The van der Waals surface area contributed by atoms with Crippen molar-refractivity contribution >= 4 is 12.1 Å². The fraction of sp³-hybridized carbons (Fsp3) is 0.600. The molecular weight excluding hydrogens is 300 g/mol. The number of likely N-dealkylation sites (tertiary alicyclic amines) is 1. The fourth-order valence-corrected chi connectivity index (χ4v) is 2.43. The van der Waals surface area contributed by atoms with Gasteiger partial charge in [0.2, 0.25) is 0 Å². The standard InChI is InChI=1S/C15H24N4O4/c1-2-22-15(21)19-7-5-11(6-8-19)18-14(16)17-10-12(20)13-4-3-9-23-13/h3-4,9,11-12,20H,2,5-8,10H2,1H3,(H3,16,17,18). The van der Waals surface area contributed by atoms with Gasteiger partial charge in [-0.1, -0.05) is 0 Å². The highest BCUT2D eigenvalue weighted by atomic mass is 16.6. The molecule has 1 atom stereocenters. The fourth-order valence-electron chi connectivity index (χ4n) is 2.43. The first-order chi connectivity index (χ1) is 11.1. The van der Waals surface area contributed by atoms with Crippen LogP contribution in [0.3, 0.4) is 0 Å². The number of hydrogen-bond donors (Lipinski definition) is 3. The summed E-state index contributed by atoms with van der Waals surface area (Å²) in [4.78, 5) is 17.4. The second kappa shape index (κ2) is 8.42. The Bertz CT molecular complexity index is 510. The second-order valence-corrected chi connectivity index (χ2v) is 5.36. The van der Waals surface area contributed by atoms with E-state index in [1.165, 1.54) is 6.26 Å². The van der Waals surface area contributed by atoms with Gasteiger partial charge < -0.3 is 30.2 Å². The zero-order valence-corrected chi connectivity index (χ0v) is 13.3. The highest BCUT2D eigenvalue weighted by Crippen LogP contribution is 2.13. The molecule has 1 unspecified atom stereocenters. The first-order valence-corrected chi connectivity index (χ1v) is 7.79. The molecule has 1 saturated heterocycles. The van der Waals surface area contributed by atoms with Crippen LogP contribution in [-0.4, -0.2) is 54.3 Å². The molecule has 0 aromatic carbocycles. The predicted octanol–water partition coefficient (Wildman–Crippen LogP) is 0.838. The maximum absolute atomic E-state index is 11.6. The molecule has 1 aliphatic rings. The Labute approximate surface area is 135 Å². The van der Waals surface area contributed by atoms with Crippen LogP contribution in [0.25, 0.3) is 0 Å². The third-order valence-electron chi connectivity index (χ3n) is 3.68. The molecule has 0 radical (unpaired) electrons. The average molecular weight is 324 g/mol. The van der Waals surface area contributed by atoms with Gasteiger partial charge in [0.15, 0.2) is 5.96 Å². The molecule has 1 fully saturated rings. The van der Waals surface area contributed by atoms with Crippen molar-refractivity contribution in [2.75, 3.05) is 26.2 Å². The molecule has 23 heavy (non-hydrogen) atoms. The monoisotopic (exact) mass is 324 g/mol. The number of nitrogens with one attached hydrogen (secondary N) is 1. The normalized spacial score (nSPS) is 17.8. The van der Waals surface area contributed by atoms with Crippen LogP contribution in [-0.2, 0) is 4.74 Å². The van der Waals surface area contributed by atoms with Crippen molar-refractivity contribution in [1.29, 1.82) is 0 Å². The van der Waals surface area contributed by atoms with Crippen molar-refractivity contribution < 1.29 is 19.1 Å². The number of carbonyl (C=O) groups excluding carboxylic acids is 1. The number of carbonyl (C=O) groups is 1. The smallest absolute Gasteiger partial charge is 0.409 e. The van der Waals surface area contributed by atoms with Crippen molar-refractivity contribution in [3.63, 3.8) is 0 Å². The highest BCUT2D eigenvalue weighted by Gasteiger charge is 2.23. The van der Waals surface area contributed by atoms with Crippen molar-refractivity contribution in [3.8, 4) is 0 Å². The second-order valence-electron chi connectivity index (χ2n) is 5.36.